The fraction of sp³-hybridized carbons (Fsp3) is 0.667. The van der Waals surface area contributed by atoms with Crippen LogP contribution in [0.25, 0.3) is 11.0 Å². The molecule has 1 aromatic heterocycles. The van der Waals surface area contributed by atoms with E-state index < -0.39 is 0 Å². The molecule has 6 atom stereocenters. The Kier molecular flexibility index (Phi) is 3.49. The first-order valence-corrected chi connectivity index (χ1v) is 10.5. The monoisotopic (exact) mass is 351 g/mol. The van der Waals surface area contributed by atoms with Gasteiger partial charge in [0.1, 0.15) is 5.58 Å². The van der Waals surface area contributed by atoms with E-state index in [0.29, 0.717) is 16.7 Å². The molecule has 0 radical (unpaired) electrons. The highest BCUT2D eigenvalue weighted by Crippen LogP contribution is 2.72. The van der Waals surface area contributed by atoms with Gasteiger partial charge in [0.15, 0.2) is 0 Å². The van der Waals surface area contributed by atoms with Crippen molar-refractivity contribution < 1.29 is 4.42 Å². The summed E-state index contributed by atoms with van der Waals surface area (Å²) in [5.41, 5.74) is 11.4. The largest absolute Gasteiger partial charge is 0.464 e. The van der Waals surface area contributed by atoms with Crippen molar-refractivity contribution in [2.75, 3.05) is 0 Å². The SMILES string of the molecule is Cc1cccc2c(CC(N)C3C[C@H]4C[C@H]5C[C@@H](C5(C)C)[C@@]4(C)C3)coc12. The Bertz CT molecular complexity index is 849. The zero-order valence-electron chi connectivity index (χ0n) is 16.7. The van der Waals surface area contributed by atoms with Crippen molar-refractivity contribution in [1.82, 2.24) is 0 Å². The lowest BCUT2D eigenvalue weighted by Gasteiger charge is -2.66. The fourth-order valence-corrected chi connectivity index (χ4v) is 7.28. The summed E-state index contributed by atoms with van der Waals surface area (Å²) in [6.45, 7) is 9.73. The molecule has 26 heavy (non-hydrogen) atoms. The van der Waals surface area contributed by atoms with Crippen LogP contribution in [0.4, 0.5) is 0 Å². The minimum Gasteiger partial charge on any atom is -0.464 e. The second kappa shape index (κ2) is 5.38. The zero-order chi connectivity index (χ0) is 18.3. The average molecular weight is 352 g/mol. The standard InChI is InChI=1S/C24H33NO/c1-14-6-5-7-19-16(13-26-22(14)19)9-20(25)15-8-18-10-17-11-21(23(17,2)3)24(18,4)12-15/h5-7,13,15,17-18,20-21H,8-12,25H2,1-4H3/t15?,17-,18-,20?,21-,24-/m0/s1. The second-order valence-electron chi connectivity index (χ2n) is 10.5. The quantitative estimate of drug-likeness (QED) is 0.769. The number of nitrogens with two attached hydrogens (primary N) is 1. The molecule has 4 aliphatic rings. The Morgan fingerprint density at radius 3 is 2.73 bits per heavy atom. The van der Waals surface area contributed by atoms with Crippen LogP contribution in [0.15, 0.2) is 28.9 Å². The van der Waals surface area contributed by atoms with Crippen LogP contribution < -0.4 is 5.73 Å². The number of hydrogen-bond acceptors (Lipinski definition) is 2. The highest BCUT2D eigenvalue weighted by atomic mass is 16.3. The minimum absolute atomic E-state index is 0.249. The predicted octanol–water partition coefficient (Wildman–Crippen LogP) is 5.71. The summed E-state index contributed by atoms with van der Waals surface area (Å²) in [5, 5.41) is 1.26. The summed E-state index contributed by atoms with van der Waals surface area (Å²) < 4.78 is 5.85. The van der Waals surface area contributed by atoms with Gasteiger partial charge in [-0.3, -0.25) is 0 Å². The van der Waals surface area contributed by atoms with Crippen LogP contribution in [-0.4, -0.2) is 6.04 Å². The molecular weight excluding hydrogens is 318 g/mol. The Morgan fingerprint density at radius 1 is 1.15 bits per heavy atom. The fourth-order valence-electron chi connectivity index (χ4n) is 7.28. The molecule has 0 saturated heterocycles. The molecule has 2 nitrogen and oxygen atoms in total. The molecule has 2 aromatic rings. The minimum atomic E-state index is 0.249. The summed E-state index contributed by atoms with van der Waals surface area (Å²) in [6, 6.07) is 6.68. The van der Waals surface area contributed by atoms with Crippen LogP contribution in [0.1, 0.15) is 57.6 Å². The second-order valence-corrected chi connectivity index (χ2v) is 10.5. The van der Waals surface area contributed by atoms with Gasteiger partial charge < -0.3 is 10.2 Å². The summed E-state index contributed by atoms with van der Waals surface area (Å²) in [5.74, 6) is 3.43. The third-order valence-corrected chi connectivity index (χ3v) is 9.00. The lowest BCUT2D eigenvalue weighted by Crippen LogP contribution is -2.59. The van der Waals surface area contributed by atoms with Gasteiger partial charge in [0, 0.05) is 11.4 Å². The molecule has 4 fully saturated rings. The maximum atomic E-state index is 6.80. The smallest absolute Gasteiger partial charge is 0.137 e. The van der Waals surface area contributed by atoms with Gasteiger partial charge in [-0.15, -0.1) is 0 Å². The van der Waals surface area contributed by atoms with Crippen LogP contribution in [0.2, 0.25) is 0 Å². The molecule has 0 aliphatic heterocycles. The number of aryl methyl sites for hydroxylation is 1. The summed E-state index contributed by atoms with van der Waals surface area (Å²) in [7, 11) is 0. The molecule has 140 valence electrons. The molecule has 2 unspecified atom stereocenters. The number of hydrogen-bond donors (Lipinski definition) is 1. The third kappa shape index (κ3) is 2.14. The lowest BCUT2D eigenvalue weighted by molar-refractivity contribution is -0.171. The normalized spacial score (nSPS) is 38.8. The Labute approximate surface area is 157 Å². The molecule has 2 N–H and O–H groups in total. The van der Waals surface area contributed by atoms with Crippen molar-refractivity contribution in [3.8, 4) is 0 Å². The highest BCUT2D eigenvalue weighted by molar-refractivity contribution is 5.83. The van der Waals surface area contributed by atoms with Gasteiger partial charge >= 0.3 is 0 Å². The van der Waals surface area contributed by atoms with Gasteiger partial charge in [0.2, 0.25) is 0 Å². The summed E-state index contributed by atoms with van der Waals surface area (Å²) >= 11 is 0. The van der Waals surface area contributed by atoms with E-state index in [2.05, 4.69) is 45.9 Å². The summed E-state index contributed by atoms with van der Waals surface area (Å²) in [4.78, 5) is 0. The first-order chi connectivity index (χ1) is 12.3. The number of benzene rings is 1. The molecule has 4 saturated carbocycles. The molecule has 0 amide bonds. The van der Waals surface area contributed by atoms with Crippen LogP contribution >= 0.6 is 0 Å². The van der Waals surface area contributed by atoms with E-state index in [9.17, 15) is 0 Å². The van der Waals surface area contributed by atoms with Crippen LogP contribution in [0.3, 0.4) is 0 Å². The molecule has 4 aliphatic carbocycles. The molecule has 1 heterocycles. The maximum Gasteiger partial charge on any atom is 0.137 e. The first kappa shape index (κ1) is 16.9. The highest BCUT2D eigenvalue weighted by Gasteiger charge is 2.65. The lowest BCUT2D eigenvalue weighted by atomic mass is 9.39. The van der Waals surface area contributed by atoms with Crippen molar-refractivity contribution in [1.29, 1.82) is 0 Å². The van der Waals surface area contributed by atoms with Gasteiger partial charge in [0.25, 0.3) is 0 Å². The number of fused-ring (bicyclic) bond motifs is 1. The van der Waals surface area contributed by atoms with E-state index in [1.807, 2.05) is 6.26 Å². The molecular formula is C24H33NO. The molecule has 6 rings (SSSR count). The van der Waals surface area contributed by atoms with Gasteiger partial charge in [-0.2, -0.15) is 0 Å². The van der Waals surface area contributed by atoms with Crippen molar-refractivity contribution >= 4 is 11.0 Å². The first-order valence-electron chi connectivity index (χ1n) is 10.5. The number of furan rings is 1. The van der Waals surface area contributed by atoms with Crippen LogP contribution in [0.5, 0.6) is 0 Å². The van der Waals surface area contributed by atoms with Gasteiger partial charge in [-0.25, -0.2) is 0 Å². The Hall–Kier alpha value is -1.28. The molecule has 1 aromatic carbocycles. The van der Waals surface area contributed by atoms with E-state index in [4.69, 9.17) is 10.2 Å². The molecule has 0 spiro atoms. The predicted molar refractivity (Wildman–Crippen MR) is 107 cm³/mol. The Balaban J connectivity index is 1.36. The van der Waals surface area contributed by atoms with E-state index in [-0.39, 0.29) is 6.04 Å². The molecule has 2 bridgehead atoms. The molecule has 2 heteroatoms. The van der Waals surface area contributed by atoms with Gasteiger partial charge in [0.05, 0.1) is 6.26 Å². The van der Waals surface area contributed by atoms with E-state index >= 15 is 0 Å². The van der Waals surface area contributed by atoms with E-state index in [1.54, 1.807) is 0 Å². The number of para-hydroxylation sites is 1. The van der Waals surface area contributed by atoms with Crippen LogP contribution in [0, 0.1) is 41.4 Å². The van der Waals surface area contributed by atoms with E-state index in [1.165, 1.54) is 42.2 Å². The van der Waals surface area contributed by atoms with Crippen molar-refractivity contribution in [2.45, 2.75) is 65.8 Å². The zero-order valence-corrected chi connectivity index (χ0v) is 16.7. The summed E-state index contributed by atoms with van der Waals surface area (Å²) in [6.07, 6.45) is 8.47. The third-order valence-electron chi connectivity index (χ3n) is 9.00. The van der Waals surface area contributed by atoms with Gasteiger partial charge in [-0.1, -0.05) is 39.0 Å². The number of rotatable bonds is 3. The topological polar surface area (TPSA) is 39.2 Å². The van der Waals surface area contributed by atoms with Crippen molar-refractivity contribution in [3.05, 3.63) is 35.6 Å². The van der Waals surface area contributed by atoms with Crippen molar-refractivity contribution in [2.24, 2.45) is 40.2 Å². The van der Waals surface area contributed by atoms with Crippen molar-refractivity contribution in [3.63, 3.8) is 0 Å². The average Bonchev–Trinajstić information content (AvgIpc) is 3.16. The Morgan fingerprint density at radius 2 is 1.96 bits per heavy atom. The maximum absolute atomic E-state index is 6.80. The van der Waals surface area contributed by atoms with E-state index in [0.717, 1.165) is 29.8 Å². The van der Waals surface area contributed by atoms with Gasteiger partial charge in [-0.05, 0) is 84.7 Å². The van der Waals surface area contributed by atoms with Crippen LogP contribution in [-0.2, 0) is 6.42 Å².